The molecule has 0 radical (unpaired) electrons. The second-order valence-electron chi connectivity index (χ2n) is 4.81. The number of aryl methyl sites for hydroxylation is 1. The van der Waals surface area contributed by atoms with Crippen molar-refractivity contribution in [1.29, 1.82) is 0 Å². The van der Waals surface area contributed by atoms with Gasteiger partial charge in [-0.05, 0) is 36.8 Å². The predicted molar refractivity (Wildman–Crippen MR) is 89.8 cm³/mol. The van der Waals surface area contributed by atoms with E-state index in [4.69, 9.17) is 11.6 Å². The molecule has 0 spiro atoms. The number of hydrogen-bond acceptors (Lipinski definition) is 2. The molecule has 0 fully saturated rings. The van der Waals surface area contributed by atoms with Gasteiger partial charge in [-0.25, -0.2) is 0 Å². The molecule has 4 heteroatoms. The average Bonchev–Trinajstić information content (AvgIpc) is 2.49. The summed E-state index contributed by atoms with van der Waals surface area (Å²) in [7, 11) is 0. The zero-order valence-electron chi connectivity index (χ0n) is 11.9. The van der Waals surface area contributed by atoms with Crippen LogP contribution in [0.4, 0.5) is 0 Å². The first-order valence-electron chi connectivity index (χ1n) is 6.84. The van der Waals surface area contributed by atoms with Crippen molar-refractivity contribution in [3.05, 3.63) is 64.7 Å². The molecule has 0 atom stereocenters. The molecule has 21 heavy (non-hydrogen) atoms. The van der Waals surface area contributed by atoms with Gasteiger partial charge >= 0.3 is 0 Å². The lowest BCUT2D eigenvalue weighted by molar-refractivity contribution is -0.120. The Morgan fingerprint density at radius 2 is 1.76 bits per heavy atom. The van der Waals surface area contributed by atoms with Gasteiger partial charge in [-0.3, -0.25) is 4.79 Å². The molecule has 0 bridgehead atoms. The molecule has 110 valence electrons. The Morgan fingerprint density at radius 3 is 2.43 bits per heavy atom. The van der Waals surface area contributed by atoms with Crippen LogP contribution in [0.1, 0.15) is 17.5 Å². The highest BCUT2D eigenvalue weighted by molar-refractivity contribution is 7.99. The maximum Gasteiger partial charge on any atom is 0.221 e. The normalized spacial score (nSPS) is 10.4. The zero-order chi connectivity index (χ0) is 15.1. The summed E-state index contributed by atoms with van der Waals surface area (Å²) in [6.07, 6.45) is 0.513. The van der Waals surface area contributed by atoms with Gasteiger partial charge in [-0.1, -0.05) is 41.4 Å². The number of thioether (sulfide) groups is 1. The van der Waals surface area contributed by atoms with Gasteiger partial charge in [-0.2, -0.15) is 0 Å². The maximum atomic E-state index is 11.8. The van der Waals surface area contributed by atoms with E-state index in [2.05, 4.69) is 24.4 Å². The molecule has 1 amide bonds. The van der Waals surface area contributed by atoms with E-state index in [1.54, 1.807) is 11.8 Å². The third kappa shape index (κ3) is 5.82. The standard InChI is InChI=1S/C17H18ClNOS/c1-13-2-4-14(5-3-13)12-19-17(20)10-11-21-16-8-6-15(18)7-9-16/h2-9H,10-12H2,1H3,(H,19,20). The lowest BCUT2D eigenvalue weighted by Gasteiger charge is -2.06. The Labute approximate surface area is 134 Å². The van der Waals surface area contributed by atoms with E-state index < -0.39 is 0 Å². The Kier molecular flexibility index (Phi) is 6.15. The fourth-order valence-electron chi connectivity index (χ4n) is 1.79. The minimum atomic E-state index is 0.0806. The van der Waals surface area contributed by atoms with Crippen LogP contribution < -0.4 is 5.32 Å². The first kappa shape index (κ1) is 15.9. The monoisotopic (exact) mass is 319 g/mol. The molecule has 2 nitrogen and oxygen atoms in total. The van der Waals surface area contributed by atoms with Gasteiger partial charge in [0.05, 0.1) is 0 Å². The molecule has 0 aliphatic carbocycles. The molecule has 0 saturated carbocycles. The van der Waals surface area contributed by atoms with Crippen LogP contribution in [0.15, 0.2) is 53.4 Å². The quantitative estimate of drug-likeness (QED) is 0.797. The second-order valence-corrected chi connectivity index (χ2v) is 6.42. The third-order valence-electron chi connectivity index (χ3n) is 3.02. The van der Waals surface area contributed by atoms with Crippen LogP contribution in [0.2, 0.25) is 5.02 Å². The molecule has 1 N–H and O–H groups in total. The number of nitrogens with one attached hydrogen (secondary N) is 1. The lowest BCUT2D eigenvalue weighted by atomic mass is 10.1. The van der Waals surface area contributed by atoms with Crippen molar-refractivity contribution in [3.63, 3.8) is 0 Å². The molecule has 2 rings (SSSR count). The Balaban J connectivity index is 1.67. The summed E-state index contributed by atoms with van der Waals surface area (Å²) in [6, 6.07) is 15.9. The summed E-state index contributed by atoms with van der Waals surface area (Å²) >= 11 is 7.49. The van der Waals surface area contributed by atoms with Crippen molar-refractivity contribution in [2.45, 2.75) is 24.8 Å². The first-order chi connectivity index (χ1) is 10.1. The summed E-state index contributed by atoms with van der Waals surface area (Å²) < 4.78 is 0. The van der Waals surface area contributed by atoms with Crippen molar-refractivity contribution in [2.75, 3.05) is 5.75 Å². The van der Waals surface area contributed by atoms with Crippen LogP contribution in [-0.2, 0) is 11.3 Å². The maximum absolute atomic E-state index is 11.8. The summed E-state index contributed by atoms with van der Waals surface area (Å²) in [5.74, 6) is 0.846. The summed E-state index contributed by atoms with van der Waals surface area (Å²) in [4.78, 5) is 12.9. The number of carbonyl (C=O) groups is 1. The summed E-state index contributed by atoms with van der Waals surface area (Å²) in [6.45, 7) is 2.64. The van der Waals surface area contributed by atoms with Gasteiger partial charge in [0.15, 0.2) is 0 Å². The predicted octanol–water partition coefficient (Wildman–Crippen LogP) is 4.45. The molecule has 0 saturated heterocycles. The Morgan fingerprint density at radius 1 is 1.10 bits per heavy atom. The van der Waals surface area contributed by atoms with Crippen LogP contribution >= 0.6 is 23.4 Å². The highest BCUT2D eigenvalue weighted by atomic mass is 35.5. The van der Waals surface area contributed by atoms with Crippen molar-refractivity contribution < 1.29 is 4.79 Å². The first-order valence-corrected chi connectivity index (χ1v) is 8.20. The fourth-order valence-corrected chi connectivity index (χ4v) is 2.77. The van der Waals surface area contributed by atoms with E-state index in [1.165, 1.54) is 5.56 Å². The number of hydrogen-bond donors (Lipinski definition) is 1. The van der Waals surface area contributed by atoms with Gasteiger partial charge < -0.3 is 5.32 Å². The molecule has 0 aromatic heterocycles. The number of amides is 1. The van der Waals surface area contributed by atoms with E-state index in [1.807, 2.05) is 36.4 Å². The number of benzene rings is 2. The molecule has 2 aromatic rings. The van der Waals surface area contributed by atoms with Crippen LogP contribution in [0.3, 0.4) is 0 Å². The molecule has 0 aliphatic heterocycles. The molecule has 0 unspecified atom stereocenters. The van der Waals surface area contributed by atoms with E-state index >= 15 is 0 Å². The summed E-state index contributed by atoms with van der Waals surface area (Å²) in [5, 5.41) is 3.67. The Hall–Kier alpha value is -1.45. The van der Waals surface area contributed by atoms with E-state index in [0.717, 1.165) is 21.2 Å². The number of rotatable bonds is 6. The average molecular weight is 320 g/mol. The van der Waals surface area contributed by atoms with Crippen LogP contribution in [-0.4, -0.2) is 11.7 Å². The van der Waals surface area contributed by atoms with Crippen molar-refractivity contribution >= 4 is 29.3 Å². The third-order valence-corrected chi connectivity index (χ3v) is 4.29. The topological polar surface area (TPSA) is 29.1 Å². The molecule has 0 heterocycles. The van der Waals surface area contributed by atoms with Crippen LogP contribution in [0, 0.1) is 6.92 Å². The highest BCUT2D eigenvalue weighted by Crippen LogP contribution is 2.20. The zero-order valence-corrected chi connectivity index (χ0v) is 13.5. The molecular formula is C17H18ClNOS. The van der Waals surface area contributed by atoms with E-state index in [9.17, 15) is 4.79 Å². The number of halogens is 1. The van der Waals surface area contributed by atoms with Gasteiger partial charge in [-0.15, -0.1) is 11.8 Å². The van der Waals surface area contributed by atoms with Crippen LogP contribution in [0.5, 0.6) is 0 Å². The molecule has 0 aliphatic rings. The van der Waals surface area contributed by atoms with E-state index in [0.29, 0.717) is 13.0 Å². The molecular weight excluding hydrogens is 302 g/mol. The number of carbonyl (C=O) groups excluding carboxylic acids is 1. The minimum absolute atomic E-state index is 0.0806. The van der Waals surface area contributed by atoms with E-state index in [-0.39, 0.29) is 5.91 Å². The fraction of sp³-hybridized carbons (Fsp3) is 0.235. The van der Waals surface area contributed by atoms with Gasteiger partial charge in [0.25, 0.3) is 0 Å². The smallest absolute Gasteiger partial charge is 0.221 e. The lowest BCUT2D eigenvalue weighted by Crippen LogP contribution is -2.22. The molecule has 2 aromatic carbocycles. The van der Waals surface area contributed by atoms with Gasteiger partial charge in [0, 0.05) is 28.6 Å². The van der Waals surface area contributed by atoms with Crippen LogP contribution in [0.25, 0.3) is 0 Å². The van der Waals surface area contributed by atoms with Crippen molar-refractivity contribution in [1.82, 2.24) is 5.32 Å². The van der Waals surface area contributed by atoms with Gasteiger partial charge in [0.2, 0.25) is 5.91 Å². The van der Waals surface area contributed by atoms with Crippen molar-refractivity contribution in [2.24, 2.45) is 0 Å². The van der Waals surface area contributed by atoms with Gasteiger partial charge in [0.1, 0.15) is 0 Å². The summed E-state index contributed by atoms with van der Waals surface area (Å²) in [5.41, 5.74) is 2.35. The highest BCUT2D eigenvalue weighted by Gasteiger charge is 2.02. The minimum Gasteiger partial charge on any atom is -0.352 e. The largest absolute Gasteiger partial charge is 0.352 e. The van der Waals surface area contributed by atoms with Crippen molar-refractivity contribution in [3.8, 4) is 0 Å². The Bertz CT molecular complexity index is 581. The SMILES string of the molecule is Cc1ccc(CNC(=O)CCSc2ccc(Cl)cc2)cc1. The second kappa shape index (κ2) is 8.11.